The van der Waals surface area contributed by atoms with Crippen molar-refractivity contribution in [1.29, 1.82) is 0 Å². The van der Waals surface area contributed by atoms with Crippen LogP contribution >= 0.6 is 11.3 Å². The molecule has 0 amide bonds. The molecule has 356 valence electrons. The van der Waals surface area contributed by atoms with E-state index in [4.69, 9.17) is 4.42 Å². The van der Waals surface area contributed by atoms with Crippen LogP contribution in [0.15, 0.2) is 290 Å². The first-order valence-corrected chi connectivity index (χ1v) is 26.9. The van der Waals surface area contributed by atoms with Gasteiger partial charge in [0.15, 0.2) is 0 Å². The molecule has 0 spiro atoms. The Morgan fingerprint density at radius 3 is 1.63 bits per heavy atom. The molecule has 76 heavy (non-hydrogen) atoms. The molecule has 0 N–H and O–H groups in total. The fourth-order valence-electron chi connectivity index (χ4n) is 12.3. The van der Waals surface area contributed by atoms with Crippen LogP contribution in [0.25, 0.3) is 97.7 Å². The van der Waals surface area contributed by atoms with Crippen LogP contribution in [0.4, 0.5) is 17.1 Å². The van der Waals surface area contributed by atoms with Gasteiger partial charge in [-0.1, -0.05) is 212 Å². The topological polar surface area (TPSA) is 16.4 Å². The summed E-state index contributed by atoms with van der Waals surface area (Å²) in [7, 11) is 0. The number of furan rings is 1. The van der Waals surface area contributed by atoms with Gasteiger partial charge in [0.2, 0.25) is 0 Å². The lowest BCUT2D eigenvalue weighted by molar-refractivity contribution is 0.669. The van der Waals surface area contributed by atoms with Crippen molar-refractivity contribution < 1.29 is 4.42 Å². The Kier molecular flexibility index (Phi) is 10.3. The summed E-state index contributed by atoms with van der Waals surface area (Å²) in [5.41, 5.74) is 21.6. The van der Waals surface area contributed by atoms with Crippen LogP contribution in [0, 0.1) is 0 Å². The maximum absolute atomic E-state index is 6.33. The quantitative estimate of drug-likeness (QED) is 0.143. The lowest BCUT2D eigenvalue weighted by Gasteiger charge is -2.33. The van der Waals surface area contributed by atoms with E-state index in [2.05, 4.69) is 278 Å². The number of benzene rings is 12. The summed E-state index contributed by atoms with van der Waals surface area (Å²) in [4.78, 5) is 2.41. The van der Waals surface area contributed by atoms with E-state index in [1.807, 2.05) is 23.5 Å². The highest BCUT2D eigenvalue weighted by Gasteiger charge is 2.46. The van der Waals surface area contributed by atoms with Gasteiger partial charge in [-0.05, 0) is 145 Å². The molecule has 2 heterocycles. The Bertz CT molecular complexity index is 4470. The third-order valence-electron chi connectivity index (χ3n) is 15.8. The fraction of sp³-hybridized carbons (Fsp3) is 0.0137. The molecule has 0 radical (unpaired) electrons. The fourth-order valence-corrected chi connectivity index (χ4v) is 13.4. The van der Waals surface area contributed by atoms with Crippen LogP contribution in [0.3, 0.4) is 0 Å². The van der Waals surface area contributed by atoms with Gasteiger partial charge in [-0.25, -0.2) is 0 Å². The Morgan fingerprint density at radius 2 is 0.842 bits per heavy atom. The summed E-state index contributed by atoms with van der Waals surface area (Å²) >= 11 is 1.86. The monoisotopic (exact) mass is 985 g/mol. The zero-order chi connectivity index (χ0) is 50.2. The highest BCUT2D eigenvalue weighted by Crippen LogP contribution is 2.57. The number of anilines is 3. The van der Waals surface area contributed by atoms with Crippen LogP contribution in [0.2, 0.25) is 0 Å². The number of thiophene rings is 1. The second kappa shape index (κ2) is 17.8. The van der Waals surface area contributed by atoms with Gasteiger partial charge in [-0.3, -0.25) is 0 Å². The number of rotatable bonds is 9. The summed E-state index contributed by atoms with van der Waals surface area (Å²) in [6, 6.07) is 105. The highest BCUT2D eigenvalue weighted by atomic mass is 32.1. The molecule has 2 nitrogen and oxygen atoms in total. The maximum atomic E-state index is 6.33. The predicted octanol–water partition coefficient (Wildman–Crippen LogP) is 20.5. The van der Waals surface area contributed by atoms with E-state index in [0.29, 0.717) is 0 Å². The number of hydrogen-bond donors (Lipinski definition) is 0. The molecule has 3 heteroatoms. The largest absolute Gasteiger partial charge is 0.456 e. The van der Waals surface area contributed by atoms with Gasteiger partial charge in [-0.2, -0.15) is 0 Å². The van der Waals surface area contributed by atoms with Crippen LogP contribution in [0.5, 0.6) is 0 Å². The van der Waals surface area contributed by atoms with Gasteiger partial charge in [0, 0.05) is 47.9 Å². The van der Waals surface area contributed by atoms with E-state index in [1.165, 1.54) is 75.8 Å². The summed E-state index contributed by atoms with van der Waals surface area (Å²) in [6.07, 6.45) is 0. The third-order valence-corrected chi connectivity index (χ3v) is 16.9. The molecule has 0 aliphatic heterocycles. The highest BCUT2D eigenvalue weighted by molar-refractivity contribution is 7.25. The summed E-state index contributed by atoms with van der Waals surface area (Å²) in [5.74, 6) is 0. The zero-order valence-electron chi connectivity index (χ0n) is 41.4. The number of hydrogen-bond acceptors (Lipinski definition) is 3. The van der Waals surface area contributed by atoms with Crippen molar-refractivity contribution in [3.05, 3.63) is 307 Å². The Balaban J connectivity index is 0.848. The van der Waals surface area contributed by atoms with E-state index < -0.39 is 5.41 Å². The summed E-state index contributed by atoms with van der Waals surface area (Å²) in [6.45, 7) is 0. The van der Waals surface area contributed by atoms with E-state index in [0.717, 1.165) is 61.3 Å². The molecule has 0 saturated carbocycles. The van der Waals surface area contributed by atoms with Gasteiger partial charge in [0.25, 0.3) is 0 Å². The molecule has 15 rings (SSSR count). The van der Waals surface area contributed by atoms with Gasteiger partial charge >= 0.3 is 0 Å². The lowest BCUT2D eigenvalue weighted by Crippen LogP contribution is -2.28. The maximum Gasteiger partial charge on any atom is 0.136 e. The van der Waals surface area contributed by atoms with Gasteiger partial charge < -0.3 is 9.32 Å². The Hall–Kier alpha value is -9.54. The Labute approximate surface area is 445 Å². The van der Waals surface area contributed by atoms with Crippen LogP contribution in [-0.4, -0.2) is 0 Å². The normalized spacial score (nSPS) is 12.6. The minimum atomic E-state index is -0.443. The van der Waals surface area contributed by atoms with Crippen LogP contribution in [0.1, 0.15) is 22.3 Å². The van der Waals surface area contributed by atoms with Gasteiger partial charge in [0.05, 0.1) is 11.1 Å². The molecule has 0 unspecified atom stereocenters. The van der Waals surface area contributed by atoms with Crippen LogP contribution < -0.4 is 4.90 Å². The van der Waals surface area contributed by atoms with Crippen molar-refractivity contribution in [2.75, 3.05) is 4.90 Å². The number of para-hydroxylation sites is 2. The molecule has 1 aliphatic rings. The minimum Gasteiger partial charge on any atom is -0.456 e. The molecule has 0 saturated heterocycles. The van der Waals surface area contributed by atoms with E-state index in [-0.39, 0.29) is 0 Å². The number of nitrogens with zero attached hydrogens (tertiary/aromatic N) is 1. The van der Waals surface area contributed by atoms with Crippen molar-refractivity contribution in [3.63, 3.8) is 0 Å². The van der Waals surface area contributed by atoms with E-state index in [1.54, 1.807) is 0 Å². The molecule has 0 bridgehead atoms. The predicted molar refractivity (Wildman–Crippen MR) is 320 cm³/mol. The van der Waals surface area contributed by atoms with Crippen molar-refractivity contribution >= 4 is 70.5 Å². The number of fused-ring (bicyclic) bond motifs is 9. The smallest absolute Gasteiger partial charge is 0.136 e. The molecule has 1 aliphatic carbocycles. The van der Waals surface area contributed by atoms with Crippen molar-refractivity contribution in [2.45, 2.75) is 5.41 Å². The van der Waals surface area contributed by atoms with E-state index in [9.17, 15) is 0 Å². The first-order chi connectivity index (χ1) is 37.7. The molecular formula is C73H47NOS. The second-order valence-corrected chi connectivity index (χ2v) is 21.0. The molecular weight excluding hydrogens is 939 g/mol. The van der Waals surface area contributed by atoms with Crippen LogP contribution in [-0.2, 0) is 5.41 Å². The van der Waals surface area contributed by atoms with E-state index >= 15 is 0 Å². The average Bonchev–Trinajstić information content (AvgIpc) is 4.31. The molecule has 12 aromatic carbocycles. The first kappa shape index (κ1) is 44.0. The Morgan fingerprint density at radius 1 is 0.303 bits per heavy atom. The SMILES string of the molecule is c1ccc(C2(c3ccccc3)c3ccccc3-c3cc(-c4cccc(-c5ccccc5N(c5ccc(-c6ccc7sc8ccccc8c7c6)cc5)c5ccc(-c6cccc7oc8ccccc8c67)cc5)c4)ccc32)cc1. The third kappa shape index (κ3) is 7.01. The average molecular weight is 986 g/mol. The lowest BCUT2D eigenvalue weighted by atomic mass is 9.67. The van der Waals surface area contributed by atoms with Gasteiger partial charge in [0.1, 0.15) is 11.2 Å². The standard InChI is InChI=1S/C73H47NOS/c1-3-19-54(20-4-1)73(55-21-5-2-6-22-55)65-28-11-7-24-60(65)63-46-52(37-43-66(63)73)50-17-15-18-53(45-50)58-23-8-12-29-67(58)74(56-39-33-48(34-40-56)51-38-44-71-64(47-51)61-25-10-14-32-70(61)76-71)57-41-35-49(36-42-57)59-27-16-31-69-72(59)62-26-9-13-30-68(62)75-69/h1-47H. The van der Waals surface area contributed by atoms with Crippen molar-refractivity contribution in [1.82, 2.24) is 0 Å². The summed E-state index contributed by atoms with van der Waals surface area (Å²) in [5, 5.41) is 4.87. The van der Waals surface area contributed by atoms with Crippen molar-refractivity contribution in [2.24, 2.45) is 0 Å². The van der Waals surface area contributed by atoms with Crippen molar-refractivity contribution in [3.8, 4) is 55.6 Å². The minimum absolute atomic E-state index is 0.443. The second-order valence-electron chi connectivity index (χ2n) is 19.9. The molecule has 0 atom stereocenters. The molecule has 2 aromatic heterocycles. The molecule has 14 aromatic rings. The van der Waals surface area contributed by atoms with Gasteiger partial charge in [-0.15, -0.1) is 11.3 Å². The molecule has 0 fully saturated rings. The first-order valence-electron chi connectivity index (χ1n) is 26.1. The summed E-state index contributed by atoms with van der Waals surface area (Å²) < 4.78 is 8.95. The zero-order valence-corrected chi connectivity index (χ0v) is 42.2.